The molecule has 10 heteroatoms. The van der Waals surface area contributed by atoms with Gasteiger partial charge >= 0.3 is 6.03 Å². The number of rotatable bonds is 7. The van der Waals surface area contributed by atoms with Gasteiger partial charge in [0.2, 0.25) is 5.91 Å². The molecule has 0 radical (unpaired) electrons. The van der Waals surface area contributed by atoms with Crippen LogP contribution in [0.25, 0.3) is 11.2 Å². The lowest BCUT2D eigenvalue weighted by molar-refractivity contribution is -0.130. The lowest BCUT2D eigenvalue weighted by Crippen LogP contribution is -2.52. The normalized spacial score (nSPS) is 19.5. The molecule has 2 aromatic rings. The predicted octanol–water partition coefficient (Wildman–Crippen LogP) is 3.12. The molecule has 0 saturated carbocycles. The Balaban J connectivity index is 1.55. The van der Waals surface area contributed by atoms with E-state index in [2.05, 4.69) is 47.2 Å². The van der Waals surface area contributed by atoms with Crippen LogP contribution in [-0.4, -0.2) is 65.2 Å². The molecule has 31 heavy (non-hydrogen) atoms. The third-order valence-electron chi connectivity index (χ3n) is 5.37. The van der Waals surface area contributed by atoms with Crippen molar-refractivity contribution in [2.75, 3.05) is 25.0 Å². The van der Waals surface area contributed by atoms with Crippen molar-refractivity contribution in [1.29, 1.82) is 0 Å². The second-order valence-corrected chi connectivity index (χ2v) is 15.3. The van der Waals surface area contributed by atoms with E-state index in [-0.39, 0.29) is 18.0 Å². The summed E-state index contributed by atoms with van der Waals surface area (Å²) in [5.74, 6) is 0.755. The van der Waals surface area contributed by atoms with Crippen molar-refractivity contribution in [2.24, 2.45) is 5.92 Å². The van der Waals surface area contributed by atoms with Gasteiger partial charge in [0.15, 0.2) is 11.5 Å². The highest BCUT2D eigenvalue weighted by molar-refractivity contribution is 6.76. The van der Waals surface area contributed by atoms with E-state index in [1.165, 1.54) is 0 Å². The summed E-state index contributed by atoms with van der Waals surface area (Å²) in [4.78, 5) is 34.8. The molecule has 0 aromatic carbocycles. The van der Waals surface area contributed by atoms with Crippen molar-refractivity contribution in [2.45, 2.75) is 58.7 Å². The van der Waals surface area contributed by atoms with Gasteiger partial charge in [0.1, 0.15) is 12.2 Å². The maximum atomic E-state index is 12.4. The number of carbonyl (C=O) groups is 2. The van der Waals surface area contributed by atoms with Gasteiger partial charge in [-0.1, -0.05) is 26.6 Å². The summed E-state index contributed by atoms with van der Waals surface area (Å²) in [5, 5.41) is 5.70. The number of hydrogen-bond donors (Lipinski definition) is 2. The van der Waals surface area contributed by atoms with Crippen LogP contribution in [0, 0.1) is 5.92 Å². The summed E-state index contributed by atoms with van der Waals surface area (Å²) in [7, 11) is -1.11. The summed E-state index contributed by atoms with van der Waals surface area (Å²) < 4.78 is 7.71. The number of fused-ring (bicyclic) bond motifs is 1. The van der Waals surface area contributed by atoms with Gasteiger partial charge in [-0.05, 0) is 24.4 Å². The molecule has 2 aromatic heterocycles. The van der Waals surface area contributed by atoms with Gasteiger partial charge in [0.05, 0.1) is 6.20 Å². The lowest BCUT2D eigenvalue weighted by atomic mass is 9.96. The molecule has 0 spiro atoms. The number of nitrogens with one attached hydrogen (secondary N) is 2. The van der Waals surface area contributed by atoms with E-state index in [0.29, 0.717) is 30.5 Å². The molecule has 2 unspecified atom stereocenters. The minimum atomic E-state index is -1.11. The molecule has 1 fully saturated rings. The van der Waals surface area contributed by atoms with Crippen LogP contribution >= 0.6 is 0 Å². The number of aromatic nitrogens is 3. The van der Waals surface area contributed by atoms with E-state index in [9.17, 15) is 9.59 Å². The first-order valence-electron chi connectivity index (χ1n) is 10.8. The fraction of sp³-hybridized carbons (Fsp3) is 0.619. The lowest BCUT2D eigenvalue weighted by Gasteiger charge is -2.36. The van der Waals surface area contributed by atoms with Crippen LogP contribution in [0.3, 0.4) is 0 Å². The van der Waals surface area contributed by atoms with E-state index in [1.54, 1.807) is 18.0 Å². The molecule has 1 saturated heterocycles. The number of nitrogens with zero attached hydrogens (tertiary/aromatic N) is 4. The zero-order valence-electron chi connectivity index (χ0n) is 19.1. The summed E-state index contributed by atoms with van der Waals surface area (Å²) in [6.07, 6.45) is 4.27. The first-order chi connectivity index (χ1) is 14.6. The monoisotopic (exact) mass is 446 g/mol. The Morgan fingerprint density at radius 2 is 2.06 bits per heavy atom. The number of anilines is 1. The highest BCUT2D eigenvalue weighted by Gasteiger charge is 2.27. The predicted molar refractivity (Wildman–Crippen MR) is 124 cm³/mol. The van der Waals surface area contributed by atoms with Crippen LogP contribution < -0.4 is 10.6 Å². The van der Waals surface area contributed by atoms with Crippen molar-refractivity contribution in [3.05, 3.63) is 18.5 Å². The quantitative estimate of drug-likeness (QED) is 0.503. The van der Waals surface area contributed by atoms with Crippen molar-refractivity contribution in [1.82, 2.24) is 24.8 Å². The Labute approximate surface area is 184 Å². The molecule has 1 aliphatic heterocycles. The number of ether oxygens (including phenoxy) is 1. The number of piperidine rings is 1. The zero-order valence-corrected chi connectivity index (χ0v) is 20.1. The average Bonchev–Trinajstić information content (AvgIpc) is 3.06. The smallest absolute Gasteiger partial charge is 0.320 e. The van der Waals surface area contributed by atoms with Gasteiger partial charge in [-0.2, -0.15) is 0 Å². The van der Waals surface area contributed by atoms with Crippen LogP contribution in [0.2, 0.25) is 25.7 Å². The highest BCUT2D eigenvalue weighted by atomic mass is 28.3. The second-order valence-electron chi connectivity index (χ2n) is 9.66. The molecule has 2 atom stereocenters. The first kappa shape index (κ1) is 23.2. The average molecular weight is 447 g/mol. The molecule has 0 bridgehead atoms. The molecule has 0 aliphatic carbocycles. The maximum Gasteiger partial charge on any atom is 0.320 e. The molecular formula is C21H34N6O3Si. The molecule has 9 nitrogen and oxygen atoms in total. The summed E-state index contributed by atoms with van der Waals surface area (Å²) in [5.41, 5.74) is 1.41. The van der Waals surface area contributed by atoms with Crippen LogP contribution in [0.5, 0.6) is 0 Å². The molecule has 2 N–H and O–H groups in total. The molecular weight excluding hydrogens is 412 g/mol. The van der Waals surface area contributed by atoms with Gasteiger partial charge in [0, 0.05) is 46.9 Å². The van der Waals surface area contributed by atoms with Gasteiger partial charge in [-0.3, -0.25) is 10.1 Å². The minimum absolute atomic E-state index is 0.0315. The number of urea groups is 1. The van der Waals surface area contributed by atoms with E-state index >= 15 is 0 Å². The minimum Gasteiger partial charge on any atom is -0.361 e. The van der Waals surface area contributed by atoms with E-state index in [1.807, 2.05) is 16.8 Å². The fourth-order valence-electron chi connectivity index (χ4n) is 3.72. The number of hydrogen-bond acceptors (Lipinski definition) is 5. The SMILES string of the molecule is CC(=O)N1CC(C)CC(NC(=O)Nc2cnc3c(ccn3COCC[Si](C)(C)C)n2)C1. The van der Waals surface area contributed by atoms with E-state index in [4.69, 9.17) is 4.74 Å². The Morgan fingerprint density at radius 3 is 2.77 bits per heavy atom. The first-order valence-corrected chi connectivity index (χ1v) is 14.5. The number of amides is 3. The third kappa shape index (κ3) is 6.76. The largest absolute Gasteiger partial charge is 0.361 e. The van der Waals surface area contributed by atoms with E-state index in [0.717, 1.165) is 31.3 Å². The van der Waals surface area contributed by atoms with Gasteiger partial charge < -0.3 is 19.5 Å². The van der Waals surface area contributed by atoms with Crippen LogP contribution in [0.4, 0.5) is 10.6 Å². The molecule has 170 valence electrons. The summed E-state index contributed by atoms with van der Waals surface area (Å²) in [6.45, 7) is 13.0. The van der Waals surface area contributed by atoms with Gasteiger partial charge in [-0.25, -0.2) is 14.8 Å². The molecule has 3 amide bonds. The number of carbonyl (C=O) groups excluding carboxylic acids is 2. The Morgan fingerprint density at radius 1 is 1.29 bits per heavy atom. The third-order valence-corrected chi connectivity index (χ3v) is 7.08. The summed E-state index contributed by atoms with van der Waals surface area (Å²) in [6, 6.07) is 2.55. The zero-order chi connectivity index (χ0) is 22.6. The highest BCUT2D eigenvalue weighted by Crippen LogP contribution is 2.17. The van der Waals surface area contributed by atoms with Crippen molar-refractivity contribution in [3.8, 4) is 0 Å². The number of likely N-dealkylation sites (tertiary alicyclic amines) is 1. The summed E-state index contributed by atoms with van der Waals surface area (Å²) >= 11 is 0. The van der Waals surface area contributed by atoms with Crippen molar-refractivity contribution in [3.63, 3.8) is 0 Å². The van der Waals surface area contributed by atoms with Gasteiger partial charge in [-0.15, -0.1) is 0 Å². The topological polar surface area (TPSA) is 101 Å². The van der Waals surface area contributed by atoms with Crippen molar-refractivity contribution >= 4 is 37.0 Å². The second kappa shape index (κ2) is 9.78. The molecule has 3 rings (SSSR count). The standard InChI is InChI=1S/C21H34N6O3Si/c1-15-10-17(13-27(12-15)16(2)28)23-21(29)25-19-11-22-20-18(24-19)6-7-26(20)14-30-8-9-31(3,4)5/h6-7,11,15,17H,8-10,12-14H2,1-5H3,(H2,23,24,25,29). The van der Waals surface area contributed by atoms with Crippen molar-refractivity contribution < 1.29 is 14.3 Å². The maximum absolute atomic E-state index is 12.4. The van der Waals surface area contributed by atoms with Crippen LogP contribution in [0.1, 0.15) is 20.3 Å². The Hall–Kier alpha value is -2.46. The Kier molecular flexibility index (Phi) is 7.32. The van der Waals surface area contributed by atoms with Crippen LogP contribution in [0.15, 0.2) is 18.5 Å². The fourth-order valence-corrected chi connectivity index (χ4v) is 4.47. The molecule has 3 heterocycles. The van der Waals surface area contributed by atoms with E-state index < -0.39 is 8.07 Å². The Bertz CT molecular complexity index is 925. The molecule has 1 aliphatic rings. The van der Waals surface area contributed by atoms with Gasteiger partial charge in [0.25, 0.3) is 0 Å². The van der Waals surface area contributed by atoms with Crippen LogP contribution in [-0.2, 0) is 16.3 Å².